The van der Waals surface area contributed by atoms with Crippen LogP contribution in [0.2, 0.25) is 0 Å². The molecule has 2 aliphatic carbocycles. The van der Waals surface area contributed by atoms with Crippen molar-refractivity contribution in [3.63, 3.8) is 0 Å². The summed E-state index contributed by atoms with van der Waals surface area (Å²) in [5, 5.41) is 8.08. The molecule has 0 fully saturated rings. The van der Waals surface area contributed by atoms with Gasteiger partial charge in [0.25, 0.3) is 0 Å². The van der Waals surface area contributed by atoms with Gasteiger partial charge in [0.05, 0.1) is 11.0 Å². The lowest BCUT2D eigenvalue weighted by Gasteiger charge is -2.13. The molecule has 0 radical (unpaired) electrons. The van der Waals surface area contributed by atoms with Crippen LogP contribution in [0, 0.1) is 12.8 Å². The third kappa shape index (κ3) is 5.81. The van der Waals surface area contributed by atoms with Crippen LogP contribution in [0.5, 0.6) is 0 Å². The highest BCUT2D eigenvalue weighted by atomic mass is 32.1. The number of nitrogens with zero attached hydrogens (tertiary/aromatic N) is 1. The third-order valence-corrected chi connectivity index (χ3v) is 13.6. The van der Waals surface area contributed by atoms with Crippen molar-refractivity contribution in [1.29, 1.82) is 0 Å². The van der Waals surface area contributed by atoms with E-state index in [1.807, 2.05) is 43.4 Å². The highest BCUT2D eigenvalue weighted by Crippen LogP contribution is 2.50. The van der Waals surface area contributed by atoms with Gasteiger partial charge in [-0.05, 0) is 134 Å². The molecule has 0 bridgehead atoms. The molecule has 8 aromatic carbocycles. The largest absolute Gasteiger partial charge is 0.309 e. The standard InChI is InChI=1S/C48H29NS.C8H12.C2H6/c1-27-23-46-41(26-39(27)34-18-19-37-32-12-5-4-11-31(32)35-14-8-15-36(34)47(35)37)40-25-29(17-22-45(40)50-46)49-43-16-7-6-13-38(43)48-42-24-28-9-2-3-10-30(28)33(42)20-21-44(48)49;1-4-6-7-8(3)5-2;1-2/h2-23,25-26H,24H2,1H3;4-8H,1-2H2,3H3;1-2H3/b;7-6-;. The zero-order chi connectivity index (χ0) is 41.1. The smallest absolute Gasteiger partial charge is 0.0544 e. The zero-order valence-electron chi connectivity index (χ0n) is 34.7. The van der Waals surface area contributed by atoms with Crippen molar-refractivity contribution in [2.75, 3.05) is 0 Å². The number of thiophene rings is 1. The van der Waals surface area contributed by atoms with Crippen LogP contribution in [0.25, 0.3) is 103 Å². The second-order valence-corrected chi connectivity index (χ2v) is 16.9. The molecule has 0 saturated heterocycles. The molecule has 1 atom stereocenters. The van der Waals surface area contributed by atoms with Crippen molar-refractivity contribution in [1.82, 2.24) is 4.57 Å². The molecule has 0 saturated carbocycles. The Balaban J connectivity index is 0.000000392. The first-order chi connectivity index (χ1) is 29.5. The van der Waals surface area contributed by atoms with E-state index < -0.39 is 0 Å². The molecule has 0 aliphatic heterocycles. The monoisotopic (exact) mass is 789 g/mol. The summed E-state index contributed by atoms with van der Waals surface area (Å²) in [7, 11) is 0. The van der Waals surface area contributed by atoms with Gasteiger partial charge in [0.15, 0.2) is 0 Å². The highest BCUT2D eigenvalue weighted by Gasteiger charge is 2.25. The quantitative estimate of drug-likeness (QED) is 0.121. The Labute approximate surface area is 356 Å². The summed E-state index contributed by atoms with van der Waals surface area (Å²) in [5.74, 6) is 0.466. The number of aryl methyl sites for hydroxylation is 1. The fourth-order valence-electron chi connectivity index (χ4n) is 9.69. The number of benzene rings is 8. The van der Waals surface area contributed by atoms with Gasteiger partial charge >= 0.3 is 0 Å². The van der Waals surface area contributed by atoms with Crippen molar-refractivity contribution < 1.29 is 0 Å². The molecule has 0 amide bonds. The number of aromatic nitrogens is 1. The van der Waals surface area contributed by atoms with Crippen molar-refractivity contribution in [3.05, 3.63) is 200 Å². The maximum Gasteiger partial charge on any atom is 0.0544 e. The summed E-state index contributed by atoms with van der Waals surface area (Å²) in [5.41, 5.74) is 18.7. The molecule has 12 rings (SSSR count). The van der Waals surface area contributed by atoms with E-state index >= 15 is 0 Å². The normalized spacial score (nSPS) is 12.6. The Kier molecular flexibility index (Phi) is 9.46. The second-order valence-electron chi connectivity index (χ2n) is 15.8. The molecule has 10 aromatic rings. The van der Waals surface area contributed by atoms with Crippen molar-refractivity contribution in [3.8, 4) is 50.2 Å². The maximum absolute atomic E-state index is 3.63. The van der Waals surface area contributed by atoms with Gasteiger partial charge in [-0.25, -0.2) is 0 Å². The van der Waals surface area contributed by atoms with E-state index in [1.165, 1.54) is 120 Å². The summed E-state index contributed by atoms with van der Waals surface area (Å²) in [4.78, 5) is 0. The van der Waals surface area contributed by atoms with E-state index in [-0.39, 0.29) is 0 Å². The SMILES string of the molecule is C=C/C=C\C(C)C=C.CC.Cc1cc2sc3ccc(-n4c5ccccc5c5c6c(ccc54)-c4ccccc4C6)cc3c2cc1-c1ccc2c3c(cccc13)-c1ccccc1-2. The fraction of sp³-hybridized carbons (Fsp3) is 0.103. The molecular formula is C58H47NS. The zero-order valence-corrected chi connectivity index (χ0v) is 35.5. The molecule has 1 unspecified atom stereocenters. The summed E-state index contributed by atoms with van der Waals surface area (Å²) in [6, 6.07) is 54.9. The Morgan fingerprint density at radius 1 is 0.550 bits per heavy atom. The van der Waals surface area contributed by atoms with Gasteiger partial charge < -0.3 is 4.57 Å². The maximum atomic E-state index is 3.63. The number of hydrogen-bond acceptors (Lipinski definition) is 1. The Hall–Kier alpha value is -6.74. The number of hydrogen-bond donors (Lipinski definition) is 0. The van der Waals surface area contributed by atoms with Gasteiger partial charge in [0.1, 0.15) is 0 Å². The molecule has 2 aromatic heterocycles. The Morgan fingerprint density at radius 2 is 1.22 bits per heavy atom. The summed E-state index contributed by atoms with van der Waals surface area (Å²) >= 11 is 1.90. The Morgan fingerprint density at radius 3 is 2.02 bits per heavy atom. The topological polar surface area (TPSA) is 4.93 Å². The first-order valence-corrected chi connectivity index (χ1v) is 22.0. The molecule has 0 N–H and O–H groups in total. The van der Waals surface area contributed by atoms with E-state index in [4.69, 9.17) is 0 Å². The molecule has 2 heteroatoms. The van der Waals surface area contributed by atoms with E-state index in [0.717, 1.165) is 6.42 Å². The van der Waals surface area contributed by atoms with Crippen LogP contribution < -0.4 is 0 Å². The van der Waals surface area contributed by atoms with Gasteiger partial charge in [-0.2, -0.15) is 0 Å². The first kappa shape index (κ1) is 37.5. The van der Waals surface area contributed by atoms with Gasteiger partial charge in [0.2, 0.25) is 0 Å². The number of allylic oxidation sites excluding steroid dienone is 4. The lowest BCUT2D eigenvalue weighted by Crippen LogP contribution is -1.94. The molecular weight excluding hydrogens is 743 g/mol. The second kappa shape index (κ2) is 15.1. The van der Waals surface area contributed by atoms with Crippen LogP contribution in [-0.4, -0.2) is 4.57 Å². The molecule has 1 nitrogen and oxygen atoms in total. The van der Waals surface area contributed by atoms with E-state index in [1.54, 1.807) is 6.08 Å². The van der Waals surface area contributed by atoms with Crippen molar-refractivity contribution in [2.45, 2.75) is 34.1 Å². The van der Waals surface area contributed by atoms with Crippen LogP contribution in [0.15, 0.2) is 183 Å². The minimum Gasteiger partial charge on any atom is -0.309 e. The first-order valence-electron chi connectivity index (χ1n) is 21.2. The molecule has 0 spiro atoms. The van der Waals surface area contributed by atoms with Gasteiger partial charge in [-0.3, -0.25) is 0 Å². The Bertz CT molecular complexity index is 3350. The van der Waals surface area contributed by atoms with Gasteiger partial charge in [0, 0.05) is 36.6 Å². The van der Waals surface area contributed by atoms with Crippen LogP contribution >= 0.6 is 11.3 Å². The minimum atomic E-state index is 0.466. The number of para-hydroxylation sites is 1. The van der Waals surface area contributed by atoms with Gasteiger partial charge in [-0.1, -0.05) is 155 Å². The lowest BCUT2D eigenvalue weighted by molar-refractivity contribution is 0.944. The predicted octanol–water partition coefficient (Wildman–Crippen LogP) is 17.1. The minimum absolute atomic E-state index is 0.466. The molecule has 2 aliphatic rings. The summed E-state index contributed by atoms with van der Waals surface area (Å²) in [6.45, 7) is 15.5. The van der Waals surface area contributed by atoms with Crippen LogP contribution in [-0.2, 0) is 6.42 Å². The molecule has 60 heavy (non-hydrogen) atoms. The van der Waals surface area contributed by atoms with Crippen molar-refractivity contribution >= 4 is 64.1 Å². The summed E-state index contributed by atoms with van der Waals surface area (Å²) < 4.78 is 5.16. The average molecular weight is 790 g/mol. The van der Waals surface area contributed by atoms with Crippen LogP contribution in [0.3, 0.4) is 0 Å². The molecule has 2 heterocycles. The van der Waals surface area contributed by atoms with E-state index in [2.05, 4.69) is 177 Å². The fourth-order valence-corrected chi connectivity index (χ4v) is 10.9. The van der Waals surface area contributed by atoms with Gasteiger partial charge in [-0.15, -0.1) is 17.9 Å². The average Bonchev–Trinajstić information content (AvgIpc) is 4.04. The highest BCUT2D eigenvalue weighted by molar-refractivity contribution is 7.25. The lowest BCUT2D eigenvalue weighted by atomic mass is 9.91. The van der Waals surface area contributed by atoms with Crippen LogP contribution in [0.1, 0.15) is 37.5 Å². The number of fused-ring (bicyclic) bond motifs is 13. The van der Waals surface area contributed by atoms with E-state index in [9.17, 15) is 0 Å². The van der Waals surface area contributed by atoms with Crippen molar-refractivity contribution in [2.24, 2.45) is 5.92 Å². The summed E-state index contributed by atoms with van der Waals surface area (Å²) in [6.07, 6.45) is 8.60. The number of rotatable bonds is 5. The van der Waals surface area contributed by atoms with E-state index in [0.29, 0.717) is 5.92 Å². The van der Waals surface area contributed by atoms with Crippen LogP contribution in [0.4, 0.5) is 0 Å². The molecule has 290 valence electrons. The predicted molar refractivity (Wildman–Crippen MR) is 264 cm³/mol. The third-order valence-electron chi connectivity index (χ3n) is 12.4.